The van der Waals surface area contributed by atoms with Gasteiger partial charge in [0, 0.05) is 12.0 Å². The molecule has 1 atom stereocenters. The van der Waals surface area contributed by atoms with E-state index < -0.39 is 12.5 Å². The van der Waals surface area contributed by atoms with E-state index in [9.17, 15) is 8.78 Å². The molecule has 0 aliphatic rings. The van der Waals surface area contributed by atoms with Crippen LogP contribution < -0.4 is 11.1 Å². The van der Waals surface area contributed by atoms with Crippen molar-refractivity contribution in [2.45, 2.75) is 45.6 Å². The summed E-state index contributed by atoms with van der Waals surface area (Å²) in [5.41, 5.74) is 5.15. The minimum absolute atomic E-state index is 0.110. The third kappa shape index (κ3) is 6.70. The van der Waals surface area contributed by atoms with Gasteiger partial charge in [0.15, 0.2) is 0 Å². The van der Waals surface area contributed by atoms with E-state index in [1.165, 1.54) is 0 Å². The quantitative estimate of drug-likeness (QED) is 0.166. The first-order valence-electron chi connectivity index (χ1n) is 5.96. The Bertz CT molecular complexity index is 261. The Hall–Kier alpha value is -0.950. The van der Waals surface area contributed by atoms with Crippen molar-refractivity contribution in [3.8, 4) is 0 Å². The Morgan fingerprint density at radius 3 is 2.50 bits per heavy atom. The van der Waals surface area contributed by atoms with Crippen LogP contribution in [0.3, 0.4) is 0 Å². The summed E-state index contributed by atoms with van der Waals surface area (Å²) in [4.78, 5) is 0. The van der Waals surface area contributed by atoms with Crippen LogP contribution in [-0.2, 0) is 0 Å². The van der Waals surface area contributed by atoms with Crippen LogP contribution in [0.5, 0.6) is 0 Å². The van der Waals surface area contributed by atoms with Crippen molar-refractivity contribution in [3.05, 3.63) is 0 Å². The fourth-order valence-electron chi connectivity index (χ4n) is 1.42. The summed E-state index contributed by atoms with van der Waals surface area (Å²) in [7, 11) is 0. The van der Waals surface area contributed by atoms with E-state index in [1.807, 2.05) is 13.8 Å². The minimum atomic E-state index is -2.71. The molecule has 0 saturated heterocycles. The normalized spacial score (nSPS) is 15.1. The zero-order valence-electron chi connectivity index (χ0n) is 10.9. The first kappa shape index (κ1) is 17.1. The van der Waals surface area contributed by atoms with Gasteiger partial charge in [0.25, 0.3) is 6.43 Å². The van der Waals surface area contributed by atoms with Gasteiger partial charge in [-0.05, 0) is 19.4 Å². The molecule has 1 unspecified atom stereocenters. The number of nitrogens with two attached hydrogens (primary N) is 1. The number of alkyl halides is 2. The summed E-state index contributed by atoms with van der Waals surface area (Å²) in [6, 6.07) is 0. The molecule has 0 aromatic carbocycles. The summed E-state index contributed by atoms with van der Waals surface area (Å²) in [6.45, 7) is 4.18. The van der Waals surface area contributed by atoms with Crippen LogP contribution in [-0.4, -0.2) is 41.8 Å². The van der Waals surface area contributed by atoms with E-state index in [-0.39, 0.29) is 17.8 Å². The van der Waals surface area contributed by atoms with E-state index in [2.05, 4.69) is 10.5 Å². The standard InChI is InChI=1S/C11H23F2N3O2/c1-11(2,10(14)16-18)5-3-4-6-15-7-8(17)9(12)13/h8-9,15,17-18H,3-7H2,1-2H3,(H2,14,16). The van der Waals surface area contributed by atoms with E-state index in [4.69, 9.17) is 16.0 Å². The summed E-state index contributed by atoms with van der Waals surface area (Å²) in [6.07, 6.45) is -1.99. The van der Waals surface area contributed by atoms with Gasteiger partial charge >= 0.3 is 0 Å². The fraction of sp³-hybridized carbons (Fsp3) is 0.909. The van der Waals surface area contributed by atoms with Gasteiger partial charge in [0.05, 0.1) is 0 Å². The lowest BCUT2D eigenvalue weighted by Crippen LogP contribution is -2.33. The average molecular weight is 267 g/mol. The Morgan fingerprint density at radius 2 is 2.00 bits per heavy atom. The smallest absolute Gasteiger partial charge is 0.265 e. The number of aliphatic hydroxyl groups is 1. The zero-order valence-corrected chi connectivity index (χ0v) is 10.9. The molecule has 5 N–H and O–H groups in total. The first-order valence-corrected chi connectivity index (χ1v) is 5.96. The highest BCUT2D eigenvalue weighted by atomic mass is 19.3. The van der Waals surface area contributed by atoms with Crippen LogP contribution in [0, 0.1) is 5.41 Å². The number of hydrogen-bond acceptors (Lipinski definition) is 4. The predicted octanol–water partition coefficient (Wildman–Crippen LogP) is 1.14. The maximum Gasteiger partial charge on any atom is 0.265 e. The van der Waals surface area contributed by atoms with Crippen molar-refractivity contribution >= 4 is 5.84 Å². The van der Waals surface area contributed by atoms with Gasteiger partial charge in [-0.2, -0.15) is 0 Å². The van der Waals surface area contributed by atoms with Crippen molar-refractivity contribution in [2.75, 3.05) is 13.1 Å². The van der Waals surface area contributed by atoms with Crippen molar-refractivity contribution in [1.82, 2.24) is 5.32 Å². The van der Waals surface area contributed by atoms with E-state index >= 15 is 0 Å². The molecule has 0 radical (unpaired) electrons. The zero-order chi connectivity index (χ0) is 14.2. The van der Waals surface area contributed by atoms with E-state index in [1.54, 1.807) is 0 Å². The molecule has 0 aromatic heterocycles. The van der Waals surface area contributed by atoms with Crippen molar-refractivity contribution < 1.29 is 19.1 Å². The number of rotatable bonds is 9. The SMILES string of the molecule is CC(C)(CCCCNCC(O)C(F)F)C(N)=NO. The Balaban J connectivity index is 3.63. The fourth-order valence-corrected chi connectivity index (χ4v) is 1.42. The highest BCUT2D eigenvalue weighted by Crippen LogP contribution is 2.22. The van der Waals surface area contributed by atoms with Gasteiger partial charge in [0.1, 0.15) is 11.9 Å². The van der Waals surface area contributed by atoms with Gasteiger partial charge in [-0.3, -0.25) is 0 Å². The lowest BCUT2D eigenvalue weighted by Gasteiger charge is -2.22. The summed E-state index contributed by atoms with van der Waals surface area (Å²) >= 11 is 0. The highest BCUT2D eigenvalue weighted by Gasteiger charge is 2.22. The second-order valence-corrected chi connectivity index (χ2v) is 4.93. The number of oxime groups is 1. The molecule has 0 bridgehead atoms. The van der Waals surface area contributed by atoms with Gasteiger partial charge in [-0.15, -0.1) is 0 Å². The van der Waals surface area contributed by atoms with Gasteiger partial charge in [0.2, 0.25) is 0 Å². The molecule has 18 heavy (non-hydrogen) atoms. The summed E-state index contributed by atoms with van der Waals surface area (Å²) in [5, 5.41) is 23.2. The first-order chi connectivity index (χ1) is 8.31. The lowest BCUT2D eigenvalue weighted by atomic mass is 9.86. The van der Waals surface area contributed by atoms with Crippen molar-refractivity contribution in [1.29, 1.82) is 0 Å². The molecule has 0 heterocycles. The molecule has 0 fully saturated rings. The molecule has 7 heteroatoms. The Kier molecular flexibility index (Phi) is 7.77. The number of unbranched alkanes of at least 4 members (excludes halogenated alkanes) is 1. The second-order valence-electron chi connectivity index (χ2n) is 4.93. The number of hydrogen-bond donors (Lipinski definition) is 4. The van der Waals surface area contributed by atoms with Crippen molar-refractivity contribution in [3.63, 3.8) is 0 Å². The largest absolute Gasteiger partial charge is 0.409 e. The number of amidine groups is 1. The topological polar surface area (TPSA) is 90.9 Å². The number of halogens is 2. The molecule has 0 aromatic rings. The number of nitrogens with one attached hydrogen (secondary N) is 1. The maximum atomic E-state index is 11.9. The minimum Gasteiger partial charge on any atom is -0.409 e. The maximum absolute atomic E-state index is 11.9. The molecule has 0 spiro atoms. The predicted molar refractivity (Wildman–Crippen MR) is 65.9 cm³/mol. The molecule has 0 aliphatic heterocycles. The number of nitrogens with zero attached hydrogens (tertiary/aromatic N) is 1. The van der Waals surface area contributed by atoms with Gasteiger partial charge in [-0.25, -0.2) is 8.78 Å². The molecule has 108 valence electrons. The molecule has 0 saturated carbocycles. The molecular weight excluding hydrogens is 244 g/mol. The molecule has 0 amide bonds. The molecule has 0 rings (SSSR count). The second kappa shape index (κ2) is 8.20. The van der Waals surface area contributed by atoms with Crippen molar-refractivity contribution in [2.24, 2.45) is 16.3 Å². The molecule has 5 nitrogen and oxygen atoms in total. The van der Waals surface area contributed by atoms with E-state index in [0.717, 1.165) is 19.3 Å². The van der Waals surface area contributed by atoms with E-state index in [0.29, 0.717) is 6.54 Å². The Labute approximate surface area is 106 Å². The molecular formula is C11H23F2N3O2. The monoisotopic (exact) mass is 267 g/mol. The summed E-state index contributed by atoms with van der Waals surface area (Å²) in [5.74, 6) is 0.184. The van der Waals surface area contributed by atoms with Gasteiger partial charge in [-0.1, -0.05) is 25.4 Å². The van der Waals surface area contributed by atoms with Crippen LogP contribution in [0.15, 0.2) is 5.16 Å². The van der Waals surface area contributed by atoms with Crippen LogP contribution >= 0.6 is 0 Å². The van der Waals surface area contributed by atoms with Crippen LogP contribution in [0.2, 0.25) is 0 Å². The third-order valence-corrected chi connectivity index (χ3v) is 2.85. The summed E-state index contributed by atoms with van der Waals surface area (Å²) < 4.78 is 23.9. The Morgan fingerprint density at radius 1 is 1.39 bits per heavy atom. The highest BCUT2D eigenvalue weighted by molar-refractivity contribution is 5.85. The van der Waals surface area contributed by atoms with Crippen LogP contribution in [0.1, 0.15) is 33.1 Å². The molecule has 0 aliphatic carbocycles. The number of aliphatic hydroxyl groups excluding tert-OH is 1. The average Bonchev–Trinajstić information content (AvgIpc) is 2.31. The lowest BCUT2D eigenvalue weighted by molar-refractivity contribution is -0.00318. The van der Waals surface area contributed by atoms with Crippen LogP contribution in [0.4, 0.5) is 8.78 Å². The van der Waals surface area contributed by atoms with Gasteiger partial charge < -0.3 is 21.4 Å². The van der Waals surface area contributed by atoms with Crippen LogP contribution in [0.25, 0.3) is 0 Å². The third-order valence-electron chi connectivity index (χ3n) is 2.85.